The van der Waals surface area contributed by atoms with Gasteiger partial charge in [0, 0.05) is 12.5 Å². The van der Waals surface area contributed by atoms with E-state index in [0.29, 0.717) is 13.0 Å². The summed E-state index contributed by atoms with van der Waals surface area (Å²) in [6.07, 6.45) is 1.42. The maximum Gasteiger partial charge on any atom is 0.410 e. The average Bonchev–Trinajstić information content (AvgIpc) is 3.00. The minimum absolute atomic E-state index is 0.0301. The molecule has 0 radical (unpaired) electrons. The molecule has 1 fully saturated rings. The van der Waals surface area contributed by atoms with Crippen molar-refractivity contribution in [2.24, 2.45) is 0 Å². The van der Waals surface area contributed by atoms with Gasteiger partial charge in [0.25, 0.3) is 0 Å². The lowest BCUT2D eigenvalue weighted by Gasteiger charge is -2.35. The predicted octanol–water partition coefficient (Wildman–Crippen LogP) is 2.54. The van der Waals surface area contributed by atoms with Gasteiger partial charge in [-0.3, -0.25) is 4.90 Å². The maximum absolute atomic E-state index is 12.5. The quantitative estimate of drug-likeness (QED) is 0.853. The number of nitrogens with zero attached hydrogens (tertiary/aromatic N) is 1. The number of amides is 1. The molecule has 5 nitrogen and oxygen atoms in total. The van der Waals surface area contributed by atoms with Crippen LogP contribution in [0.3, 0.4) is 0 Å². The van der Waals surface area contributed by atoms with Gasteiger partial charge in [0.15, 0.2) is 0 Å². The first-order valence-corrected chi connectivity index (χ1v) is 8.99. The van der Waals surface area contributed by atoms with Crippen molar-refractivity contribution >= 4 is 12.1 Å². The van der Waals surface area contributed by atoms with Gasteiger partial charge in [-0.05, 0) is 41.5 Å². The van der Waals surface area contributed by atoms with Crippen LogP contribution in [0.2, 0.25) is 0 Å². The molecule has 1 saturated heterocycles. The largest absolute Gasteiger partial charge is 0.548 e. The number of rotatable bonds is 3. The molecule has 1 amide bonds. The Kier molecular flexibility index (Phi) is 4.37. The molecular weight excluding hydrogens is 330 g/mol. The zero-order chi connectivity index (χ0) is 18.1. The molecule has 0 spiro atoms. The number of ether oxygens (including phenoxy) is 1. The van der Waals surface area contributed by atoms with E-state index in [0.717, 1.165) is 35.1 Å². The second-order valence-electron chi connectivity index (χ2n) is 6.83. The number of hydrogen-bond acceptors (Lipinski definition) is 4. The fourth-order valence-electron chi connectivity index (χ4n) is 4.07. The van der Waals surface area contributed by atoms with E-state index in [4.69, 9.17) is 4.74 Å². The van der Waals surface area contributed by atoms with Gasteiger partial charge in [0.2, 0.25) is 0 Å². The van der Waals surface area contributed by atoms with E-state index in [1.54, 1.807) is 0 Å². The van der Waals surface area contributed by atoms with Gasteiger partial charge in [-0.2, -0.15) is 0 Å². The molecule has 1 aliphatic heterocycles. The number of hydrogen-bond donors (Lipinski definition) is 0. The molecule has 26 heavy (non-hydrogen) atoms. The van der Waals surface area contributed by atoms with E-state index >= 15 is 0 Å². The Morgan fingerprint density at radius 3 is 2.23 bits per heavy atom. The highest BCUT2D eigenvalue weighted by Crippen LogP contribution is 2.44. The number of benzene rings is 2. The SMILES string of the molecule is O=C([O-])[C@@H]1CCCCN1C(=O)OCC1c2ccccc2-c2ccccc21. The van der Waals surface area contributed by atoms with Gasteiger partial charge in [0.1, 0.15) is 6.61 Å². The number of piperidine rings is 1. The lowest BCUT2D eigenvalue weighted by molar-refractivity contribution is -0.311. The molecule has 2 aromatic rings. The second-order valence-corrected chi connectivity index (χ2v) is 6.83. The van der Waals surface area contributed by atoms with E-state index in [1.807, 2.05) is 24.3 Å². The van der Waals surface area contributed by atoms with Crippen molar-refractivity contribution in [1.82, 2.24) is 4.90 Å². The summed E-state index contributed by atoms with van der Waals surface area (Å²) in [5, 5.41) is 11.3. The molecule has 0 bridgehead atoms. The lowest BCUT2D eigenvalue weighted by atomic mass is 9.98. The smallest absolute Gasteiger partial charge is 0.410 e. The zero-order valence-electron chi connectivity index (χ0n) is 14.4. The predicted molar refractivity (Wildman–Crippen MR) is 94.4 cm³/mol. The summed E-state index contributed by atoms with van der Waals surface area (Å²) in [6, 6.07) is 15.3. The number of carbonyl (C=O) groups excluding carboxylic acids is 2. The summed E-state index contributed by atoms with van der Waals surface area (Å²) in [6.45, 7) is 0.596. The Balaban J connectivity index is 1.53. The Hall–Kier alpha value is -2.82. The van der Waals surface area contributed by atoms with Gasteiger partial charge in [-0.15, -0.1) is 0 Å². The summed E-state index contributed by atoms with van der Waals surface area (Å²) in [5.41, 5.74) is 4.60. The topological polar surface area (TPSA) is 69.7 Å². The van der Waals surface area contributed by atoms with Crippen LogP contribution in [0, 0.1) is 0 Å². The molecule has 2 aliphatic rings. The van der Waals surface area contributed by atoms with Gasteiger partial charge < -0.3 is 14.6 Å². The lowest BCUT2D eigenvalue weighted by Crippen LogP contribution is -2.53. The minimum Gasteiger partial charge on any atom is -0.548 e. The third kappa shape index (κ3) is 2.83. The van der Waals surface area contributed by atoms with E-state index in [-0.39, 0.29) is 12.5 Å². The van der Waals surface area contributed by atoms with Crippen LogP contribution in [0.4, 0.5) is 4.79 Å². The molecule has 1 heterocycles. The van der Waals surface area contributed by atoms with Crippen LogP contribution < -0.4 is 5.11 Å². The first-order chi connectivity index (χ1) is 12.7. The van der Waals surface area contributed by atoms with Gasteiger partial charge >= 0.3 is 6.09 Å². The van der Waals surface area contributed by atoms with Crippen molar-refractivity contribution in [2.45, 2.75) is 31.2 Å². The second kappa shape index (κ2) is 6.83. The van der Waals surface area contributed by atoms with Gasteiger partial charge in [0.05, 0.1) is 12.0 Å². The number of carboxylic acids is 1. The molecule has 0 saturated carbocycles. The summed E-state index contributed by atoms with van der Waals surface area (Å²) in [4.78, 5) is 25.1. The molecule has 1 aliphatic carbocycles. The minimum atomic E-state index is -1.21. The maximum atomic E-state index is 12.5. The highest BCUT2D eigenvalue weighted by Gasteiger charge is 2.32. The average molecular weight is 350 g/mol. The Bertz CT molecular complexity index is 802. The van der Waals surface area contributed by atoms with Gasteiger partial charge in [-0.1, -0.05) is 48.5 Å². The third-order valence-corrected chi connectivity index (χ3v) is 5.35. The van der Waals surface area contributed by atoms with Crippen LogP contribution in [0.1, 0.15) is 36.3 Å². The number of carbonyl (C=O) groups is 2. The van der Waals surface area contributed by atoms with E-state index < -0.39 is 18.1 Å². The number of likely N-dealkylation sites (tertiary alicyclic amines) is 1. The highest BCUT2D eigenvalue weighted by atomic mass is 16.6. The molecule has 0 aromatic heterocycles. The van der Waals surface area contributed by atoms with E-state index in [2.05, 4.69) is 24.3 Å². The van der Waals surface area contributed by atoms with Crippen molar-refractivity contribution in [3.05, 3.63) is 59.7 Å². The number of fused-ring (bicyclic) bond motifs is 3. The summed E-state index contributed by atoms with van der Waals surface area (Å²) >= 11 is 0. The highest BCUT2D eigenvalue weighted by molar-refractivity contribution is 5.80. The Morgan fingerprint density at radius 1 is 1.00 bits per heavy atom. The fourth-order valence-corrected chi connectivity index (χ4v) is 4.07. The van der Waals surface area contributed by atoms with Crippen LogP contribution in [-0.2, 0) is 9.53 Å². The molecule has 4 rings (SSSR count). The first-order valence-electron chi connectivity index (χ1n) is 8.99. The monoisotopic (exact) mass is 350 g/mol. The molecule has 1 atom stereocenters. The van der Waals surface area contributed by atoms with E-state index in [9.17, 15) is 14.7 Å². The molecule has 0 unspecified atom stereocenters. The Labute approximate surface area is 152 Å². The third-order valence-electron chi connectivity index (χ3n) is 5.35. The van der Waals surface area contributed by atoms with Crippen LogP contribution in [-0.4, -0.2) is 36.2 Å². The fraction of sp³-hybridized carbons (Fsp3) is 0.333. The number of carboxylic acid groups (broad SMARTS) is 1. The summed E-state index contributed by atoms with van der Waals surface area (Å²) in [5.74, 6) is -1.24. The molecule has 0 N–H and O–H groups in total. The van der Waals surface area contributed by atoms with Crippen LogP contribution in [0.25, 0.3) is 11.1 Å². The molecule has 134 valence electrons. The van der Waals surface area contributed by atoms with Crippen molar-refractivity contribution in [3.8, 4) is 11.1 Å². The van der Waals surface area contributed by atoms with Crippen LogP contribution in [0.5, 0.6) is 0 Å². The normalized spacial score (nSPS) is 18.9. The van der Waals surface area contributed by atoms with Gasteiger partial charge in [-0.25, -0.2) is 4.79 Å². The van der Waals surface area contributed by atoms with E-state index in [1.165, 1.54) is 4.90 Å². The van der Waals surface area contributed by atoms with Crippen LogP contribution >= 0.6 is 0 Å². The van der Waals surface area contributed by atoms with Crippen molar-refractivity contribution in [1.29, 1.82) is 0 Å². The summed E-state index contributed by atoms with van der Waals surface area (Å²) in [7, 11) is 0. The zero-order valence-corrected chi connectivity index (χ0v) is 14.4. The Morgan fingerprint density at radius 2 is 1.62 bits per heavy atom. The molecule has 2 aromatic carbocycles. The summed E-state index contributed by atoms with van der Waals surface area (Å²) < 4.78 is 5.56. The first kappa shape index (κ1) is 16.6. The molecule has 5 heteroatoms. The molecular formula is C21H20NO4-. The van der Waals surface area contributed by atoms with Crippen molar-refractivity contribution in [2.75, 3.05) is 13.2 Å². The number of aliphatic carboxylic acids is 1. The standard InChI is InChI=1S/C21H21NO4/c23-20(24)19-11-5-6-12-22(19)21(25)26-13-18-16-9-3-1-7-14(16)15-8-2-4-10-17(15)18/h1-4,7-10,18-19H,5-6,11-13H2,(H,23,24)/p-1/t19-/m0/s1. The van der Waals surface area contributed by atoms with Crippen molar-refractivity contribution < 1.29 is 19.4 Å². The van der Waals surface area contributed by atoms with Crippen molar-refractivity contribution in [3.63, 3.8) is 0 Å². The van der Waals surface area contributed by atoms with Crippen LogP contribution in [0.15, 0.2) is 48.5 Å².